The molecule has 2 heterocycles. The SMILES string of the molecule is Cc1cn(-c2ccc(C(N)=O)c(NC3CCNCC3)c2)c2c1C(=O)CC(C)(C)C2. The highest BCUT2D eigenvalue weighted by atomic mass is 16.1. The fraction of sp³-hybridized carbons (Fsp3) is 0.478. The Morgan fingerprint density at radius 1 is 1.24 bits per heavy atom. The Morgan fingerprint density at radius 3 is 2.66 bits per heavy atom. The second kappa shape index (κ2) is 7.34. The molecule has 1 amide bonds. The molecule has 1 aromatic heterocycles. The van der Waals surface area contributed by atoms with E-state index >= 15 is 0 Å². The lowest BCUT2D eigenvalue weighted by Crippen LogP contribution is -2.35. The summed E-state index contributed by atoms with van der Waals surface area (Å²) in [4.78, 5) is 24.7. The second-order valence-electron chi connectivity index (χ2n) is 9.21. The number of fused-ring (bicyclic) bond motifs is 1. The van der Waals surface area contributed by atoms with Gasteiger partial charge < -0.3 is 20.9 Å². The number of anilines is 1. The third kappa shape index (κ3) is 3.81. The summed E-state index contributed by atoms with van der Waals surface area (Å²) < 4.78 is 2.11. The molecule has 4 N–H and O–H groups in total. The Morgan fingerprint density at radius 2 is 1.97 bits per heavy atom. The van der Waals surface area contributed by atoms with Gasteiger partial charge in [0.2, 0.25) is 0 Å². The first kappa shape index (κ1) is 19.7. The number of aromatic nitrogens is 1. The lowest BCUT2D eigenvalue weighted by molar-refractivity contribution is 0.0909. The number of nitrogens with two attached hydrogens (primary N) is 1. The monoisotopic (exact) mass is 394 g/mol. The van der Waals surface area contributed by atoms with Crippen LogP contribution in [0.15, 0.2) is 24.4 Å². The van der Waals surface area contributed by atoms with Gasteiger partial charge >= 0.3 is 0 Å². The minimum atomic E-state index is -0.435. The highest BCUT2D eigenvalue weighted by molar-refractivity contribution is 6.01. The van der Waals surface area contributed by atoms with Crippen molar-refractivity contribution in [1.82, 2.24) is 9.88 Å². The van der Waals surface area contributed by atoms with E-state index in [-0.39, 0.29) is 11.2 Å². The van der Waals surface area contributed by atoms with E-state index in [4.69, 9.17) is 5.73 Å². The minimum absolute atomic E-state index is 0.0596. The Bertz CT molecular complexity index is 967. The maximum absolute atomic E-state index is 12.7. The van der Waals surface area contributed by atoms with Crippen LogP contribution in [0.4, 0.5) is 5.69 Å². The number of amides is 1. The number of Topliss-reactive ketones (excluding diaryl/α,β-unsaturated/α-hetero) is 1. The number of hydrogen-bond donors (Lipinski definition) is 3. The summed E-state index contributed by atoms with van der Waals surface area (Å²) in [7, 11) is 0. The number of primary amides is 1. The van der Waals surface area contributed by atoms with Crippen LogP contribution in [-0.4, -0.2) is 35.4 Å². The van der Waals surface area contributed by atoms with Crippen molar-refractivity contribution in [3.63, 3.8) is 0 Å². The van der Waals surface area contributed by atoms with Gasteiger partial charge in [-0.3, -0.25) is 9.59 Å². The third-order valence-electron chi connectivity index (χ3n) is 6.11. The van der Waals surface area contributed by atoms with Gasteiger partial charge in [-0.25, -0.2) is 0 Å². The number of nitrogens with one attached hydrogen (secondary N) is 2. The highest BCUT2D eigenvalue weighted by Gasteiger charge is 2.34. The quantitative estimate of drug-likeness (QED) is 0.743. The third-order valence-corrected chi connectivity index (χ3v) is 6.11. The maximum atomic E-state index is 12.7. The molecule has 1 fully saturated rings. The minimum Gasteiger partial charge on any atom is -0.382 e. The Labute approximate surface area is 171 Å². The van der Waals surface area contributed by atoms with Crippen molar-refractivity contribution in [3.8, 4) is 5.69 Å². The first-order valence-corrected chi connectivity index (χ1v) is 10.4. The zero-order chi connectivity index (χ0) is 20.8. The highest BCUT2D eigenvalue weighted by Crippen LogP contribution is 2.38. The normalized spacial score (nSPS) is 19.1. The predicted molar refractivity (Wildman–Crippen MR) is 115 cm³/mol. The molecule has 0 saturated carbocycles. The largest absolute Gasteiger partial charge is 0.382 e. The molecule has 154 valence electrons. The second-order valence-corrected chi connectivity index (χ2v) is 9.21. The van der Waals surface area contributed by atoms with Crippen molar-refractivity contribution >= 4 is 17.4 Å². The van der Waals surface area contributed by atoms with Crippen molar-refractivity contribution in [2.45, 2.75) is 52.5 Å². The number of ketones is 1. The first-order chi connectivity index (χ1) is 13.7. The Balaban J connectivity index is 1.76. The molecule has 1 saturated heterocycles. The lowest BCUT2D eigenvalue weighted by atomic mass is 9.75. The van der Waals surface area contributed by atoms with E-state index in [1.54, 1.807) is 6.07 Å². The van der Waals surface area contributed by atoms with E-state index in [0.29, 0.717) is 18.0 Å². The van der Waals surface area contributed by atoms with Crippen molar-refractivity contribution in [2.24, 2.45) is 11.1 Å². The topological polar surface area (TPSA) is 89.2 Å². The van der Waals surface area contributed by atoms with E-state index in [1.807, 2.05) is 25.3 Å². The zero-order valence-corrected chi connectivity index (χ0v) is 17.5. The number of hydrogen-bond acceptors (Lipinski definition) is 4. The smallest absolute Gasteiger partial charge is 0.250 e. The average molecular weight is 395 g/mol. The molecule has 0 spiro atoms. The number of aryl methyl sites for hydroxylation is 1. The molecule has 2 aromatic rings. The average Bonchev–Trinajstić information content (AvgIpc) is 2.97. The number of rotatable bonds is 4. The van der Waals surface area contributed by atoms with Crippen LogP contribution in [0.5, 0.6) is 0 Å². The molecule has 0 atom stereocenters. The maximum Gasteiger partial charge on any atom is 0.250 e. The van der Waals surface area contributed by atoms with Crippen LogP contribution in [0.1, 0.15) is 65.1 Å². The first-order valence-electron chi connectivity index (χ1n) is 10.4. The zero-order valence-electron chi connectivity index (χ0n) is 17.5. The number of nitrogens with zero attached hydrogens (tertiary/aromatic N) is 1. The number of carbonyl (C=O) groups is 2. The van der Waals surface area contributed by atoms with Crippen LogP contribution < -0.4 is 16.4 Å². The molecule has 0 radical (unpaired) electrons. The van der Waals surface area contributed by atoms with Gasteiger partial charge in [0, 0.05) is 41.3 Å². The van der Waals surface area contributed by atoms with E-state index < -0.39 is 5.91 Å². The Kier molecular flexibility index (Phi) is 4.99. The van der Waals surface area contributed by atoms with E-state index in [0.717, 1.165) is 60.5 Å². The molecule has 4 rings (SSSR count). The standard InChI is InChI=1S/C23H30N4O2/c1-14-13-27(19-11-23(2,3)12-20(28)21(14)19)16-4-5-17(22(24)29)18(10-16)26-15-6-8-25-9-7-15/h4-5,10,13,15,25-26H,6-9,11-12H2,1-3H3,(H2,24,29). The summed E-state index contributed by atoms with van der Waals surface area (Å²) in [6.07, 6.45) is 5.47. The van der Waals surface area contributed by atoms with Gasteiger partial charge in [-0.15, -0.1) is 0 Å². The summed E-state index contributed by atoms with van der Waals surface area (Å²) in [6.45, 7) is 8.20. The van der Waals surface area contributed by atoms with Gasteiger partial charge in [0.05, 0.1) is 5.56 Å². The fourth-order valence-corrected chi connectivity index (χ4v) is 4.71. The molecular weight excluding hydrogens is 364 g/mol. The van der Waals surface area contributed by atoms with E-state index in [2.05, 4.69) is 29.0 Å². The molecule has 6 nitrogen and oxygen atoms in total. The van der Waals surface area contributed by atoms with Crippen molar-refractivity contribution < 1.29 is 9.59 Å². The molecule has 1 aromatic carbocycles. The summed E-state index contributed by atoms with van der Waals surface area (Å²) >= 11 is 0. The Hall–Kier alpha value is -2.60. The van der Waals surface area contributed by atoms with Gasteiger partial charge in [-0.1, -0.05) is 13.8 Å². The van der Waals surface area contributed by atoms with Gasteiger partial charge in [0.25, 0.3) is 5.91 Å². The molecule has 29 heavy (non-hydrogen) atoms. The van der Waals surface area contributed by atoms with E-state index in [9.17, 15) is 9.59 Å². The van der Waals surface area contributed by atoms with Crippen LogP contribution in [0.25, 0.3) is 5.69 Å². The number of benzene rings is 1. The number of carbonyl (C=O) groups excluding carboxylic acids is 2. The van der Waals surface area contributed by atoms with Crippen LogP contribution in [0, 0.1) is 12.3 Å². The predicted octanol–water partition coefficient (Wildman–Crippen LogP) is 3.20. The number of piperidine rings is 1. The van der Waals surface area contributed by atoms with Crippen molar-refractivity contribution in [1.29, 1.82) is 0 Å². The molecule has 1 aliphatic carbocycles. The summed E-state index contributed by atoms with van der Waals surface area (Å²) in [6, 6.07) is 6.01. The molecule has 0 unspecified atom stereocenters. The molecular formula is C23H30N4O2. The van der Waals surface area contributed by atoms with Crippen LogP contribution >= 0.6 is 0 Å². The molecule has 6 heteroatoms. The summed E-state index contributed by atoms with van der Waals surface area (Å²) in [5.41, 5.74) is 10.7. The fourth-order valence-electron chi connectivity index (χ4n) is 4.71. The van der Waals surface area contributed by atoms with Gasteiger partial charge in [0.15, 0.2) is 5.78 Å². The van der Waals surface area contributed by atoms with Gasteiger partial charge in [-0.05, 0) is 68.5 Å². The van der Waals surface area contributed by atoms with Gasteiger partial charge in [-0.2, -0.15) is 0 Å². The van der Waals surface area contributed by atoms with Crippen molar-refractivity contribution in [2.75, 3.05) is 18.4 Å². The van der Waals surface area contributed by atoms with Crippen molar-refractivity contribution in [3.05, 3.63) is 46.8 Å². The molecule has 2 aliphatic rings. The van der Waals surface area contributed by atoms with Crippen LogP contribution in [0.2, 0.25) is 0 Å². The summed E-state index contributed by atoms with van der Waals surface area (Å²) in [5.74, 6) is -0.218. The van der Waals surface area contributed by atoms with Crippen LogP contribution in [-0.2, 0) is 6.42 Å². The molecule has 1 aliphatic heterocycles. The lowest BCUT2D eigenvalue weighted by Gasteiger charge is -2.30. The van der Waals surface area contributed by atoms with Crippen LogP contribution in [0.3, 0.4) is 0 Å². The van der Waals surface area contributed by atoms with E-state index in [1.165, 1.54) is 0 Å². The molecule has 0 bridgehead atoms. The van der Waals surface area contributed by atoms with Gasteiger partial charge in [0.1, 0.15) is 0 Å². The summed E-state index contributed by atoms with van der Waals surface area (Å²) in [5, 5.41) is 6.89.